The van der Waals surface area contributed by atoms with Crippen molar-refractivity contribution >= 4 is 34.0 Å². The first kappa shape index (κ1) is 19.1. The van der Waals surface area contributed by atoms with Gasteiger partial charge in [-0.2, -0.15) is 0 Å². The zero-order chi connectivity index (χ0) is 20.3. The first-order valence-corrected chi connectivity index (χ1v) is 8.71. The van der Waals surface area contributed by atoms with Crippen molar-refractivity contribution in [2.24, 2.45) is 0 Å². The molecule has 0 atom stereocenters. The largest absolute Gasteiger partial charge is 0.380 e. The van der Waals surface area contributed by atoms with Crippen molar-refractivity contribution in [1.82, 2.24) is 10.3 Å². The Hall–Kier alpha value is -3.68. The zero-order valence-corrected chi connectivity index (χ0v) is 15.9. The quantitative estimate of drug-likeness (QED) is 0.504. The number of benzene rings is 2. The molecule has 0 aliphatic rings. The summed E-state index contributed by atoms with van der Waals surface area (Å²) in [5, 5.41) is 17.8. The van der Waals surface area contributed by atoms with E-state index < -0.39 is 4.92 Å². The van der Waals surface area contributed by atoms with Crippen molar-refractivity contribution in [3.8, 4) is 0 Å². The third-order valence-corrected chi connectivity index (χ3v) is 4.40. The van der Waals surface area contributed by atoms with Gasteiger partial charge in [-0.1, -0.05) is 18.2 Å². The second-order valence-corrected chi connectivity index (χ2v) is 6.47. The molecule has 28 heavy (non-hydrogen) atoms. The number of amides is 1. The number of carbonyl (C=O) groups is 1. The van der Waals surface area contributed by atoms with Crippen LogP contribution < -0.4 is 15.5 Å². The average Bonchev–Trinajstić information content (AvgIpc) is 2.70. The van der Waals surface area contributed by atoms with Gasteiger partial charge in [-0.25, -0.2) is 4.98 Å². The predicted octanol–water partition coefficient (Wildman–Crippen LogP) is 3.18. The Balaban J connectivity index is 1.98. The molecule has 0 unspecified atom stereocenters. The number of carbonyl (C=O) groups excluding carboxylic acids is 1. The van der Waals surface area contributed by atoms with Crippen molar-refractivity contribution in [2.75, 3.05) is 31.4 Å². The minimum atomic E-state index is -0.518. The zero-order valence-electron chi connectivity index (χ0n) is 15.9. The van der Waals surface area contributed by atoms with Crippen LogP contribution in [0.15, 0.2) is 48.5 Å². The highest BCUT2D eigenvalue weighted by Crippen LogP contribution is 2.26. The molecule has 0 fully saturated rings. The predicted molar refractivity (Wildman–Crippen MR) is 110 cm³/mol. The van der Waals surface area contributed by atoms with Gasteiger partial charge in [-0.05, 0) is 23.8 Å². The standard InChI is InChI=1S/C20H21N5O3/c1-21-20(26)16-11-14(25(27)28)8-9-17(16)22-12-13-10-19(24(2)3)23-18-7-5-4-6-15(13)18/h4-11,22H,12H2,1-3H3,(H,21,26). The Morgan fingerprint density at radius 2 is 1.93 bits per heavy atom. The van der Waals surface area contributed by atoms with Gasteiger partial charge in [0.2, 0.25) is 0 Å². The van der Waals surface area contributed by atoms with Gasteiger partial charge in [-0.3, -0.25) is 14.9 Å². The molecule has 2 aromatic carbocycles. The highest BCUT2D eigenvalue weighted by atomic mass is 16.6. The lowest BCUT2D eigenvalue weighted by Crippen LogP contribution is -2.20. The molecule has 8 nitrogen and oxygen atoms in total. The molecule has 8 heteroatoms. The molecule has 144 valence electrons. The Kier molecular flexibility index (Phi) is 5.39. The van der Waals surface area contributed by atoms with Gasteiger partial charge in [0, 0.05) is 50.9 Å². The summed E-state index contributed by atoms with van der Waals surface area (Å²) in [4.78, 5) is 29.3. The maximum absolute atomic E-state index is 12.2. The molecule has 2 N–H and O–H groups in total. The number of anilines is 2. The van der Waals surface area contributed by atoms with E-state index in [9.17, 15) is 14.9 Å². The summed E-state index contributed by atoms with van der Waals surface area (Å²) in [5.74, 6) is 0.436. The lowest BCUT2D eigenvalue weighted by atomic mass is 10.1. The molecule has 1 heterocycles. The molecular weight excluding hydrogens is 358 g/mol. The minimum absolute atomic E-state index is 0.131. The minimum Gasteiger partial charge on any atom is -0.380 e. The summed E-state index contributed by atoms with van der Waals surface area (Å²) in [7, 11) is 5.34. The van der Waals surface area contributed by atoms with E-state index in [2.05, 4.69) is 15.6 Å². The van der Waals surface area contributed by atoms with Gasteiger partial charge in [-0.15, -0.1) is 0 Å². The first-order chi connectivity index (χ1) is 13.4. The van der Waals surface area contributed by atoms with Gasteiger partial charge >= 0.3 is 0 Å². The Labute approximate surface area is 162 Å². The number of para-hydroxylation sites is 1. The summed E-state index contributed by atoms with van der Waals surface area (Å²) in [6.45, 7) is 0.436. The number of hydrogen-bond donors (Lipinski definition) is 2. The molecule has 1 amide bonds. The lowest BCUT2D eigenvalue weighted by molar-refractivity contribution is -0.384. The third-order valence-electron chi connectivity index (χ3n) is 4.40. The van der Waals surface area contributed by atoms with Crippen molar-refractivity contribution in [2.45, 2.75) is 6.54 Å². The van der Waals surface area contributed by atoms with Crippen LogP contribution in [-0.4, -0.2) is 37.0 Å². The number of nitro benzene ring substituents is 1. The summed E-state index contributed by atoms with van der Waals surface area (Å²) in [6.07, 6.45) is 0. The van der Waals surface area contributed by atoms with E-state index in [0.29, 0.717) is 12.2 Å². The highest BCUT2D eigenvalue weighted by molar-refractivity contribution is 6.00. The molecule has 0 spiro atoms. The maximum atomic E-state index is 12.2. The molecule has 0 saturated heterocycles. The number of non-ortho nitro benzene ring substituents is 1. The van der Waals surface area contributed by atoms with Crippen LogP contribution in [-0.2, 0) is 6.54 Å². The molecule has 0 saturated carbocycles. The highest BCUT2D eigenvalue weighted by Gasteiger charge is 2.16. The van der Waals surface area contributed by atoms with E-state index in [1.54, 1.807) is 6.07 Å². The van der Waals surface area contributed by atoms with Crippen LogP contribution in [0.3, 0.4) is 0 Å². The second-order valence-electron chi connectivity index (χ2n) is 6.47. The molecule has 0 aliphatic carbocycles. The number of rotatable bonds is 6. The van der Waals surface area contributed by atoms with Gasteiger partial charge in [0.1, 0.15) is 5.82 Å². The van der Waals surface area contributed by atoms with Crippen LogP contribution in [0.25, 0.3) is 10.9 Å². The van der Waals surface area contributed by atoms with Crippen LogP contribution in [0.5, 0.6) is 0 Å². The number of nitrogens with zero attached hydrogens (tertiary/aromatic N) is 3. The molecule has 0 radical (unpaired) electrons. The van der Waals surface area contributed by atoms with Crippen molar-refractivity contribution in [1.29, 1.82) is 0 Å². The molecular formula is C20H21N5O3. The fourth-order valence-corrected chi connectivity index (χ4v) is 2.92. The molecule has 1 aromatic heterocycles. The SMILES string of the molecule is CNC(=O)c1cc([N+](=O)[O-])ccc1NCc1cc(N(C)C)nc2ccccc12. The molecule has 0 aliphatic heterocycles. The summed E-state index contributed by atoms with van der Waals surface area (Å²) in [6, 6.07) is 14.0. The van der Waals surface area contributed by atoms with Gasteiger partial charge < -0.3 is 15.5 Å². The Morgan fingerprint density at radius 3 is 2.61 bits per heavy atom. The van der Waals surface area contributed by atoms with Crippen molar-refractivity contribution in [3.63, 3.8) is 0 Å². The summed E-state index contributed by atoms with van der Waals surface area (Å²) in [5.41, 5.74) is 2.50. The Bertz CT molecular complexity index is 1050. The topological polar surface area (TPSA) is 100 Å². The number of nitrogens with one attached hydrogen (secondary N) is 2. The number of aromatic nitrogens is 1. The average molecular weight is 379 g/mol. The van der Waals surface area contributed by atoms with Gasteiger partial charge in [0.05, 0.1) is 16.0 Å². The van der Waals surface area contributed by atoms with Crippen molar-refractivity contribution < 1.29 is 9.72 Å². The van der Waals surface area contributed by atoms with Crippen LogP contribution in [0, 0.1) is 10.1 Å². The smallest absolute Gasteiger partial charge is 0.270 e. The monoisotopic (exact) mass is 379 g/mol. The maximum Gasteiger partial charge on any atom is 0.270 e. The summed E-state index contributed by atoms with van der Waals surface area (Å²) < 4.78 is 0. The summed E-state index contributed by atoms with van der Waals surface area (Å²) >= 11 is 0. The fraction of sp³-hybridized carbons (Fsp3) is 0.200. The third kappa shape index (κ3) is 3.85. The number of fused-ring (bicyclic) bond motifs is 1. The first-order valence-electron chi connectivity index (χ1n) is 8.71. The second kappa shape index (κ2) is 7.91. The van der Waals surface area contributed by atoms with E-state index in [0.717, 1.165) is 22.3 Å². The van der Waals surface area contributed by atoms with Crippen LogP contribution in [0.1, 0.15) is 15.9 Å². The number of pyridine rings is 1. The van der Waals surface area contributed by atoms with E-state index >= 15 is 0 Å². The lowest BCUT2D eigenvalue weighted by Gasteiger charge is -2.16. The molecule has 0 bridgehead atoms. The van der Waals surface area contributed by atoms with Crippen LogP contribution >= 0.6 is 0 Å². The van der Waals surface area contributed by atoms with Gasteiger partial charge in [0.15, 0.2) is 0 Å². The van der Waals surface area contributed by atoms with Crippen molar-refractivity contribution in [3.05, 3.63) is 69.8 Å². The number of nitro groups is 1. The van der Waals surface area contributed by atoms with E-state index in [1.807, 2.05) is 49.3 Å². The molecule has 3 aromatic rings. The molecule has 3 rings (SSSR count). The fourth-order valence-electron chi connectivity index (χ4n) is 2.92. The van der Waals surface area contributed by atoms with E-state index in [4.69, 9.17) is 0 Å². The Morgan fingerprint density at radius 1 is 1.18 bits per heavy atom. The normalized spacial score (nSPS) is 10.5. The van der Waals surface area contributed by atoms with Crippen LogP contribution in [0.2, 0.25) is 0 Å². The van der Waals surface area contributed by atoms with Gasteiger partial charge in [0.25, 0.3) is 11.6 Å². The number of hydrogen-bond acceptors (Lipinski definition) is 6. The van der Waals surface area contributed by atoms with E-state index in [-0.39, 0.29) is 17.2 Å². The van der Waals surface area contributed by atoms with Crippen LogP contribution in [0.4, 0.5) is 17.2 Å². The van der Waals surface area contributed by atoms with E-state index in [1.165, 1.54) is 19.2 Å².